The molecule has 1 aliphatic carbocycles. The van der Waals surface area contributed by atoms with Crippen molar-refractivity contribution in [1.29, 1.82) is 0 Å². The molecule has 1 fully saturated rings. The van der Waals surface area contributed by atoms with Gasteiger partial charge in [0.15, 0.2) is 0 Å². The van der Waals surface area contributed by atoms with Gasteiger partial charge in [-0.25, -0.2) is 0 Å². The first-order chi connectivity index (χ1) is 10.2. The lowest BCUT2D eigenvalue weighted by Crippen LogP contribution is -2.55. The van der Waals surface area contributed by atoms with Crippen LogP contribution < -0.4 is 5.32 Å². The van der Waals surface area contributed by atoms with Crippen LogP contribution in [0.2, 0.25) is 0 Å². The number of likely N-dealkylation sites (N-methyl/N-ethyl adjacent to an activating group) is 2. The standard InChI is InChI=1S/C19H32N2/c1-5-20-18(17-13-9-8-12-16(17)4)19(14-10-11-15-19)21(6-2)7-3/h8-9,12-13,18,20H,5-7,10-11,14-15H2,1-4H3. The monoisotopic (exact) mass is 288 g/mol. The minimum absolute atomic E-state index is 0.297. The number of rotatable bonds is 7. The van der Waals surface area contributed by atoms with E-state index in [1.807, 2.05) is 0 Å². The van der Waals surface area contributed by atoms with Crippen molar-refractivity contribution in [3.05, 3.63) is 35.4 Å². The Morgan fingerprint density at radius 2 is 1.71 bits per heavy atom. The molecule has 0 aromatic heterocycles. The summed E-state index contributed by atoms with van der Waals surface area (Å²) in [5.74, 6) is 0. The van der Waals surface area contributed by atoms with Crippen molar-refractivity contribution in [2.24, 2.45) is 0 Å². The predicted molar refractivity (Wildman–Crippen MR) is 91.7 cm³/mol. The van der Waals surface area contributed by atoms with Crippen LogP contribution >= 0.6 is 0 Å². The second-order valence-corrected chi connectivity index (χ2v) is 6.33. The first kappa shape index (κ1) is 16.5. The smallest absolute Gasteiger partial charge is 0.0509 e. The van der Waals surface area contributed by atoms with E-state index in [1.165, 1.54) is 36.8 Å². The van der Waals surface area contributed by atoms with Gasteiger partial charge in [-0.15, -0.1) is 0 Å². The van der Waals surface area contributed by atoms with E-state index < -0.39 is 0 Å². The van der Waals surface area contributed by atoms with Gasteiger partial charge in [0, 0.05) is 5.54 Å². The van der Waals surface area contributed by atoms with Gasteiger partial charge in [-0.05, 0) is 50.5 Å². The molecule has 21 heavy (non-hydrogen) atoms. The molecule has 1 aromatic rings. The van der Waals surface area contributed by atoms with Crippen molar-refractivity contribution >= 4 is 0 Å². The maximum Gasteiger partial charge on any atom is 0.0509 e. The van der Waals surface area contributed by atoms with Gasteiger partial charge in [0.2, 0.25) is 0 Å². The molecule has 0 radical (unpaired) electrons. The summed E-state index contributed by atoms with van der Waals surface area (Å²) in [4.78, 5) is 2.71. The quantitative estimate of drug-likeness (QED) is 0.804. The van der Waals surface area contributed by atoms with Crippen LogP contribution in [0.1, 0.15) is 63.6 Å². The fourth-order valence-electron chi connectivity index (χ4n) is 4.33. The molecule has 0 amide bonds. The molecule has 0 aliphatic heterocycles. The highest BCUT2D eigenvalue weighted by Crippen LogP contribution is 2.45. The van der Waals surface area contributed by atoms with E-state index in [0.717, 1.165) is 19.6 Å². The summed E-state index contributed by atoms with van der Waals surface area (Å²) in [6, 6.07) is 9.38. The maximum atomic E-state index is 3.83. The molecule has 1 unspecified atom stereocenters. The zero-order valence-electron chi connectivity index (χ0n) is 14.3. The van der Waals surface area contributed by atoms with E-state index in [-0.39, 0.29) is 0 Å². The molecule has 0 spiro atoms. The minimum atomic E-state index is 0.297. The predicted octanol–water partition coefficient (Wildman–Crippen LogP) is 4.30. The van der Waals surface area contributed by atoms with Gasteiger partial charge in [0.1, 0.15) is 0 Å². The third kappa shape index (κ3) is 3.17. The second-order valence-electron chi connectivity index (χ2n) is 6.33. The average Bonchev–Trinajstić information content (AvgIpc) is 2.97. The van der Waals surface area contributed by atoms with Gasteiger partial charge >= 0.3 is 0 Å². The Morgan fingerprint density at radius 3 is 2.24 bits per heavy atom. The minimum Gasteiger partial charge on any atom is -0.309 e. The van der Waals surface area contributed by atoms with Gasteiger partial charge in [-0.1, -0.05) is 57.9 Å². The highest BCUT2D eigenvalue weighted by Gasteiger charge is 2.45. The summed E-state index contributed by atoms with van der Waals surface area (Å²) < 4.78 is 0. The molecule has 1 atom stereocenters. The Bertz CT molecular complexity index is 431. The third-order valence-electron chi connectivity index (χ3n) is 5.31. The van der Waals surface area contributed by atoms with Crippen molar-refractivity contribution < 1.29 is 0 Å². The SMILES string of the molecule is CCNC(c1ccccc1C)C1(N(CC)CC)CCCC1. The fraction of sp³-hybridized carbons (Fsp3) is 0.684. The first-order valence-corrected chi connectivity index (χ1v) is 8.73. The molecule has 1 aliphatic rings. The van der Waals surface area contributed by atoms with Crippen LogP contribution in [0.15, 0.2) is 24.3 Å². The molecule has 0 heterocycles. The van der Waals surface area contributed by atoms with Crippen LogP contribution in [0, 0.1) is 6.92 Å². The lowest BCUT2D eigenvalue weighted by atomic mass is 9.80. The van der Waals surface area contributed by atoms with Crippen LogP contribution in [0.25, 0.3) is 0 Å². The summed E-state index contributed by atoms with van der Waals surface area (Å²) in [5, 5.41) is 3.83. The number of hydrogen-bond acceptors (Lipinski definition) is 2. The Labute approximate surface area is 130 Å². The van der Waals surface area contributed by atoms with Crippen LogP contribution in [0.4, 0.5) is 0 Å². The van der Waals surface area contributed by atoms with Crippen molar-refractivity contribution in [1.82, 2.24) is 10.2 Å². The highest BCUT2D eigenvalue weighted by atomic mass is 15.2. The molecular weight excluding hydrogens is 256 g/mol. The molecule has 1 saturated carbocycles. The first-order valence-electron chi connectivity index (χ1n) is 8.73. The van der Waals surface area contributed by atoms with Gasteiger partial charge in [-0.2, -0.15) is 0 Å². The van der Waals surface area contributed by atoms with Crippen LogP contribution in [-0.2, 0) is 0 Å². The molecule has 0 saturated heterocycles. The second kappa shape index (κ2) is 7.42. The van der Waals surface area contributed by atoms with Crippen LogP contribution in [-0.4, -0.2) is 30.1 Å². The van der Waals surface area contributed by atoms with Gasteiger partial charge in [0.05, 0.1) is 6.04 Å². The average molecular weight is 288 g/mol. The van der Waals surface area contributed by atoms with Crippen molar-refractivity contribution in [3.8, 4) is 0 Å². The summed E-state index contributed by atoms with van der Waals surface area (Å²) in [7, 11) is 0. The fourth-order valence-corrected chi connectivity index (χ4v) is 4.33. The van der Waals surface area contributed by atoms with Crippen LogP contribution in [0.5, 0.6) is 0 Å². The lowest BCUT2D eigenvalue weighted by molar-refractivity contribution is 0.0630. The summed E-state index contributed by atoms with van der Waals surface area (Å²) >= 11 is 0. The Kier molecular flexibility index (Phi) is 5.83. The molecule has 118 valence electrons. The molecule has 1 aromatic carbocycles. The zero-order valence-corrected chi connectivity index (χ0v) is 14.3. The lowest BCUT2D eigenvalue weighted by Gasteiger charge is -2.47. The van der Waals surface area contributed by atoms with E-state index in [9.17, 15) is 0 Å². The molecule has 2 rings (SSSR count). The van der Waals surface area contributed by atoms with E-state index in [0.29, 0.717) is 11.6 Å². The van der Waals surface area contributed by atoms with E-state index in [2.05, 4.69) is 62.2 Å². The van der Waals surface area contributed by atoms with Crippen molar-refractivity contribution in [2.45, 2.75) is 65.0 Å². The Balaban J connectivity index is 2.45. The largest absolute Gasteiger partial charge is 0.309 e. The zero-order chi connectivity index (χ0) is 15.3. The van der Waals surface area contributed by atoms with Crippen molar-refractivity contribution in [3.63, 3.8) is 0 Å². The highest BCUT2D eigenvalue weighted by molar-refractivity contribution is 5.32. The van der Waals surface area contributed by atoms with E-state index >= 15 is 0 Å². The van der Waals surface area contributed by atoms with Crippen molar-refractivity contribution in [2.75, 3.05) is 19.6 Å². The molecular formula is C19H32N2. The molecule has 0 bridgehead atoms. The number of nitrogens with one attached hydrogen (secondary N) is 1. The van der Waals surface area contributed by atoms with Gasteiger partial charge < -0.3 is 5.32 Å². The van der Waals surface area contributed by atoms with E-state index in [1.54, 1.807) is 0 Å². The number of hydrogen-bond donors (Lipinski definition) is 1. The van der Waals surface area contributed by atoms with E-state index in [4.69, 9.17) is 0 Å². The summed E-state index contributed by atoms with van der Waals surface area (Å²) in [6.07, 6.45) is 5.37. The van der Waals surface area contributed by atoms with Gasteiger partial charge in [-0.3, -0.25) is 4.90 Å². The Hall–Kier alpha value is -0.860. The summed E-state index contributed by atoms with van der Waals surface area (Å²) in [6.45, 7) is 12.4. The Morgan fingerprint density at radius 1 is 1.10 bits per heavy atom. The molecule has 2 nitrogen and oxygen atoms in total. The van der Waals surface area contributed by atoms with Gasteiger partial charge in [0.25, 0.3) is 0 Å². The molecule has 2 heteroatoms. The normalized spacial score (nSPS) is 19.1. The third-order valence-corrected chi connectivity index (χ3v) is 5.31. The molecule has 1 N–H and O–H groups in total. The van der Waals surface area contributed by atoms with Crippen LogP contribution in [0.3, 0.4) is 0 Å². The number of nitrogens with zero attached hydrogens (tertiary/aromatic N) is 1. The number of aryl methyl sites for hydroxylation is 1. The summed E-state index contributed by atoms with van der Waals surface area (Å²) in [5.41, 5.74) is 3.21. The topological polar surface area (TPSA) is 15.3 Å². The maximum absolute atomic E-state index is 3.83. The number of benzene rings is 1.